The normalized spacial score (nSPS) is 19.7. The Morgan fingerprint density at radius 1 is 1.17 bits per heavy atom. The number of aliphatic hydroxyl groups is 1. The molecule has 0 radical (unpaired) electrons. The third kappa shape index (κ3) is 6.92. The Kier molecular flexibility index (Phi) is 8.08. The largest absolute Gasteiger partial charge is 0.446 e. The Morgan fingerprint density at radius 2 is 1.90 bits per heavy atom. The van der Waals surface area contributed by atoms with Gasteiger partial charge >= 0.3 is 6.09 Å². The number of nitrogens with one attached hydrogen (secondary N) is 3. The molecule has 5 rings (SSSR count). The first-order valence-corrected chi connectivity index (χ1v) is 13.9. The minimum Gasteiger partial charge on any atom is -0.446 e. The molecule has 2 aliphatic carbocycles. The van der Waals surface area contributed by atoms with Crippen molar-refractivity contribution in [2.24, 2.45) is 0 Å². The van der Waals surface area contributed by atoms with Gasteiger partial charge in [-0.3, -0.25) is 9.78 Å². The molecule has 3 aromatic heterocycles. The van der Waals surface area contributed by atoms with E-state index in [2.05, 4.69) is 32.1 Å². The van der Waals surface area contributed by atoms with E-state index in [0.717, 1.165) is 31.2 Å². The van der Waals surface area contributed by atoms with Gasteiger partial charge in [-0.2, -0.15) is 10.4 Å². The number of nitriles is 1. The van der Waals surface area contributed by atoms with Crippen molar-refractivity contribution >= 4 is 23.2 Å². The second kappa shape index (κ2) is 11.7. The Morgan fingerprint density at radius 3 is 2.59 bits per heavy atom. The van der Waals surface area contributed by atoms with E-state index in [-0.39, 0.29) is 36.4 Å². The first-order chi connectivity index (χ1) is 19.6. The van der Waals surface area contributed by atoms with E-state index in [4.69, 9.17) is 4.74 Å². The Balaban J connectivity index is 1.34. The van der Waals surface area contributed by atoms with Crippen molar-refractivity contribution in [1.82, 2.24) is 25.2 Å². The van der Waals surface area contributed by atoms with E-state index < -0.39 is 17.7 Å². The molecule has 0 bridgehead atoms. The number of pyridine rings is 1. The van der Waals surface area contributed by atoms with Crippen LogP contribution in [-0.2, 0) is 4.74 Å². The van der Waals surface area contributed by atoms with Crippen LogP contribution >= 0.6 is 0 Å². The maximum atomic E-state index is 14.3. The third-order valence-electron chi connectivity index (χ3n) is 7.46. The van der Waals surface area contributed by atoms with Gasteiger partial charge in [0.1, 0.15) is 18.3 Å². The fourth-order valence-corrected chi connectivity index (χ4v) is 4.80. The third-order valence-corrected chi connectivity index (χ3v) is 7.46. The summed E-state index contributed by atoms with van der Waals surface area (Å²) in [5.41, 5.74) is 1.54. The predicted octanol–water partition coefficient (Wildman–Crippen LogP) is 3.72. The lowest BCUT2D eigenvalue weighted by atomic mass is 9.92. The molecule has 216 valence electrons. The van der Waals surface area contributed by atoms with E-state index in [1.165, 1.54) is 26.2 Å². The van der Waals surface area contributed by atoms with Crippen LogP contribution in [0.25, 0.3) is 16.9 Å². The average molecular weight is 564 g/mol. The summed E-state index contributed by atoms with van der Waals surface area (Å²) < 4.78 is 21.6. The number of carbonyl (C=O) groups excluding carboxylic acids is 2. The zero-order valence-corrected chi connectivity index (χ0v) is 23.1. The lowest BCUT2D eigenvalue weighted by molar-refractivity contribution is -0.00178. The molecule has 3 heterocycles. The van der Waals surface area contributed by atoms with Gasteiger partial charge in [-0.15, -0.1) is 0 Å². The quantitative estimate of drug-likeness (QED) is 0.307. The van der Waals surface area contributed by atoms with Crippen molar-refractivity contribution in [2.45, 2.75) is 82.3 Å². The van der Waals surface area contributed by atoms with Gasteiger partial charge in [-0.1, -0.05) is 0 Å². The number of rotatable bonds is 9. The first kappa shape index (κ1) is 28.3. The topological polar surface area (TPSA) is 154 Å². The number of alkyl halides is 1. The van der Waals surface area contributed by atoms with Crippen LogP contribution in [0.1, 0.15) is 68.3 Å². The van der Waals surface area contributed by atoms with Crippen molar-refractivity contribution < 1.29 is 23.8 Å². The fourth-order valence-electron chi connectivity index (χ4n) is 4.80. The highest BCUT2D eigenvalue weighted by molar-refractivity contribution is 6.00. The number of ether oxygens (including phenoxy) is 1. The van der Waals surface area contributed by atoms with Crippen LogP contribution in [0.2, 0.25) is 0 Å². The zero-order chi connectivity index (χ0) is 29.1. The summed E-state index contributed by atoms with van der Waals surface area (Å²) in [5, 5.41) is 32.3. The van der Waals surface area contributed by atoms with E-state index in [0.29, 0.717) is 35.5 Å². The molecule has 0 spiro atoms. The molecule has 2 aliphatic rings. The number of alkyl carbamates (subject to hydrolysis) is 1. The summed E-state index contributed by atoms with van der Waals surface area (Å²) in [7, 11) is 0. The molecular weight excluding hydrogens is 529 g/mol. The Hall–Kier alpha value is -4.24. The summed E-state index contributed by atoms with van der Waals surface area (Å²) in [6.45, 7) is 2.33. The zero-order valence-electron chi connectivity index (χ0n) is 23.1. The first-order valence-electron chi connectivity index (χ1n) is 13.9. The molecule has 4 N–H and O–H groups in total. The van der Waals surface area contributed by atoms with Crippen LogP contribution < -0.4 is 16.0 Å². The predicted molar refractivity (Wildman–Crippen MR) is 149 cm³/mol. The number of anilines is 1. The molecule has 1 atom stereocenters. The van der Waals surface area contributed by atoms with Crippen molar-refractivity contribution in [2.75, 3.05) is 11.9 Å². The highest BCUT2D eigenvalue weighted by Crippen LogP contribution is 2.30. The van der Waals surface area contributed by atoms with Gasteiger partial charge in [-0.05, 0) is 76.6 Å². The molecule has 0 saturated heterocycles. The van der Waals surface area contributed by atoms with Crippen molar-refractivity contribution in [1.29, 1.82) is 5.26 Å². The second-order valence-corrected chi connectivity index (χ2v) is 11.3. The summed E-state index contributed by atoms with van der Waals surface area (Å²) in [6, 6.07) is 9.47. The Bertz CT molecular complexity index is 1470. The highest BCUT2D eigenvalue weighted by atomic mass is 19.1. The number of hydrogen-bond acceptors (Lipinski definition) is 8. The molecule has 0 aliphatic heterocycles. The van der Waals surface area contributed by atoms with Gasteiger partial charge in [0.05, 0.1) is 52.1 Å². The van der Waals surface area contributed by atoms with Crippen molar-refractivity contribution in [3.63, 3.8) is 0 Å². The van der Waals surface area contributed by atoms with Crippen LogP contribution in [0, 0.1) is 11.3 Å². The molecule has 12 heteroatoms. The summed E-state index contributed by atoms with van der Waals surface area (Å²) in [6.07, 6.45) is 5.51. The number of nitrogens with zero attached hydrogens (tertiary/aromatic N) is 4. The number of aromatic nitrogens is 3. The van der Waals surface area contributed by atoms with Gasteiger partial charge in [-0.25, -0.2) is 13.7 Å². The van der Waals surface area contributed by atoms with Crippen LogP contribution in [0.15, 0.2) is 36.7 Å². The lowest BCUT2D eigenvalue weighted by Gasteiger charge is -2.30. The molecule has 2 amide bonds. The van der Waals surface area contributed by atoms with Gasteiger partial charge in [0.25, 0.3) is 5.91 Å². The molecule has 11 nitrogen and oxygen atoms in total. The number of hydrogen-bond donors (Lipinski definition) is 4. The number of fused-ring (bicyclic) bond motifs is 1. The molecule has 0 aromatic carbocycles. The second-order valence-electron chi connectivity index (χ2n) is 11.3. The molecular formula is C29H34FN7O4. The molecule has 1 unspecified atom stereocenters. The summed E-state index contributed by atoms with van der Waals surface area (Å²) >= 11 is 0. The fraction of sp³-hybridized carbons (Fsp3) is 0.483. The van der Waals surface area contributed by atoms with Crippen molar-refractivity contribution in [3.05, 3.63) is 47.8 Å². The molecule has 2 fully saturated rings. The monoisotopic (exact) mass is 563 g/mol. The summed E-state index contributed by atoms with van der Waals surface area (Å²) in [5.74, 6) is -0.524. The molecule has 2 saturated carbocycles. The van der Waals surface area contributed by atoms with Crippen molar-refractivity contribution in [3.8, 4) is 17.5 Å². The maximum absolute atomic E-state index is 14.3. The van der Waals surface area contributed by atoms with E-state index in [1.54, 1.807) is 16.6 Å². The minimum absolute atomic E-state index is 0.00816. The van der Waals surface area contributed by atoms with Crippen LogP contribution in [-0.4, -0.2) is 68.2 Å². The Labute approximate surface area is 237 Å². The van der Waals surface area contributed by atoms with Gasteiger partial charge in [0.2, 0.25) is 0 Å². The van der Waals surface area contributed by atoms with Gasteiger partial charge in [0, 0.05) is 18.3 Å². The smallest absolute Gasteiger partial charge is 0.407 e. The average Bonchev–Trinajstić information content (AvgIpc) is 3.66. The standard InChI is InChI=1S/C29H34FN7O4/c1-29(2,40)26(30)16-33-27(38)22-15-32-24(25-10-7-20-11-17(13-31)14-34-37(20)25)12-23(22)35-18-5-8-21(9-6-18)41-28(39)36-19-3-4-19/h7,10-12,14-15,18-19,21,26,40H,3-6,8-9,16H2,1-2H3,(H,32,35)(H,33,38)(H,36,39). The maximum Gasteiger partial charge on any atom is 0.407 e. The van der Waals surface area contributed by atoms with E-state index >= 15 is 0 Å². The van der Waals surface area contributed by atoms with Crippen LogP contribution in [0.5, 0.6) is 0 Å². The van der Waals surface area contributed by atoms with E-state index in [1.807, 2.05) is 12.1 Å². The number of carbonyl (C=O) groups is 2. The van der Waals surface area contributed by atoms with E-state index in [9.17, 15) is 24.3 Å². The van der Waals surface area contributed by atoms with Gasteiger partial charge in [0.15, 0.2) is 0 Å². The minimum atomic E-state index is -1.65. The molecule has 3 aromatic rings. The molecule has 41 heavy (non-hydrogen) atoms. The summed E-state index contributed by atoms with van der Waals surface area (Å²) in [4.78, 5) is 29.7. The highest BCUT2D eigenvalue weighted by Gasteiger charge is 2.30. The number of halogens is 1. The van der Waals surface area contributed by atoms with Crippen LogP contribution in [0.4, 0.5) is 14.9 Å². The lowest BCUT2D eigenvalue weighted by Crippen LogP contribution is -2.42. The SMILES string of the molecule is CC(C)(O)C(F)CNC(=O)c1cnc(-c2ccc3cc(C#N)cnn23)cc1NC1CCC(OC(=O)NC2CC2)CC1. The van der Waals surface area contributed by atoms with Crippen LogP contribution in [0.3, 0.4) is 0 Å². The van der Waals surface area contributed by atoms with Gasteiger partial charge < -0.3 is 25.8 Å². The number of amides is 2.